The first-order chi connectivity index (χ1) is 8.32. The highest BCUT2D eigenvalue weighted by Gasteiger charge is 2.35. The van der Waals surface area contributed by atoms with Crippen molar-refractivity contribution in [3.05, 3.63) is 18.2 Å². The molecule has 1 aliphatic rings. The van der Waals surface area contributed by atoms with Gasteiger partial charge in [-0.1, -0.05) is 0 Å². The maximum absolute atomic E-state index is 11.9. The number of aromatic hydroxyl groups is 1. The summed E-state index contributed by atoms with van der Waals surface area (Å²) in [6, 6.07) is 3.67. The second-order valence-corrected chi connectivity index (χ2v) is 6.39. The van der Waals surface area contributed by atoms with E-state index in [2.05, 4.69) is 4.72 Å². The lowest BCUT2D eigenvalue weighted by Gasteiger charge is -2.36. The summed E-state index contributed by atoms with van der Waals surface area (Å²) in [4.78, 5) is -0.0271. The predicted octanol–water partition coefficient (Wildman–Crippen LogP) is 0.168. The van der Waals surface area contributed by atoms with E-state index in [1.165, 1.54) is 18.2 Å². The normalized spacial score (nSPS) is 18.3. The van der Waals surface area contributed by atoms with Gasteiger partial charge in [-0.05, 0) is 37.5 Å². The molecule has 0 heterocycles. The van der Waals surface area contributed by atoms with Gasteiger partial charge in [-0.3, -0.25) is 0 Å². The monoisotopic (exact) mass is 272 g/mol. The zero-order chi connectivity index (χ0) is 13.4. The van der Waals surface area contributed by atoms with Crippen LogP contribution in [0.25, 0.3) is 0 Å². The van der Waals surface area contributed by atoms with Gasteiger partial charge in [0, 0.05) is 6.54 Å². The van der Waals surface area contributed by atoms with Crippen LogP contribution >= 0.6 is 0 Å². The molecule has 5 N–H and O–H groups in total. The maximum atomic E-state index is 11.9. The Morgan fingerprint density at radius 3 is 2.56 bits per heavy atom. The molecule has 0 atom stereocenters. The van der Waals surface area contributed by atoms with Gasteiger partial charge < -0.3 is 15.9 Å². The van der Waals surface area contributed by atoms with E-state index in [1.54, 1.807) is 0 Å². The first-order valence-corrected chi connectivity index (χ1v) is 7.11. The Hall–Kier alpha value is -1.31. The number of phenols is 1. The SMILES string of the molecule is Nc1cc(S(=O)(=O)NCC2(O)CCC2)ccc1O. The highest BCUT2D eigenvalue weighted by atomic mass is 32.2. The number of aliphatic hydroxyl groups is 1. The number of phenolic OH excluding ortho intramolecular Hbond substituents is 1. The summed E-state index contributed by atoms with van der Waals surface area (Å²) in [6.45, 7) is -0.00385. The highest BCUT2D eigenvalue weighted by Crippen LogP contribution is 2.31. The van der Waals surface area contributed by atoms with Crippen molar-refractivity contribution in [3.8, 4) is 5.75 Å². The zero-order valence-corrected chi connectivity index (χ0v) is 10.6. The Labute approximate surface area is 105 Å². The number of hydrogen-bond acceptors (Lipinski definition) is 5. The summed E-state index contributed by atoms with van der Waals surface area (Å²) in [6.07, 6.45) is 2.12. The number of benzene rings is 1. The summed E-state index contributed by atoms with van der Waals surface area (Å²) in [5.74, 6) is -0.161. The van der Waals surface area contributed by atoms with E-state index in [0.717, 1.165) is 6.42 Å². The van der Waals surface area contributed by atoms with Crippen molar-refractivity contribution in [3.63, 3.8) is 0 Å². The zero-order valence-electron chi connectivity index (χ0n) is 9.76. The Bertz CT molecular complexity index is 552. The highest BCUT2D eigenvalue weighted by molar-refractivity contribution is 7.89. The lowest BCUT2D eigenvalue weighted by atomic mass is 9.81. The van der Waals surface area contributed by atoms with Crippen molar-refractivity contribution >= 4 is 15.7 Å². The molecule has 1 aliphatic carbocycles. The Morgan fingerprint density at radius 2 is 2.06 bits per heavy atom. The molecule has 0 spiro atoms. The molecule has 1 aromatic rings. The molecule has 1 saturated carbocycles. The van der Waals surface area contributed by atoms with Gasteiger partial charge in [-0.25, -0.2) is 13.1 Å². The number of hydrogen-bond donors (Lipinski definition) is 4. The first-order valence-electron chi connectivity index (χ1n) is 5.63. The van der Waals surface area contributed by atoms with Gasteiger partial charge in [-0.15, -0.1) is 0 Å². The van der Waals surface area contributed by atoms with Gasteiger partial charge in [-0.2, -0.15) is 0 Å². The number of nitrogens with two attached hydrogens (primary N) is 1. The van der Waals surface area contributed by atoms with Gasteiger partial charge in [0.05, 0.1) is 16.2 Å². The number of sulfonamides is 1. The van der Waals surface area contributed by atoms with E-state index in [9.17, 15) is 18.6 Å². The molecule has 1 fully saturated rings. The minimum atomic E-state index is -3.71. The van der Waals surface area contributed by atoms with Crippen molar-refractivity contribution in [2.75, 3.05) is 12.3 Å². The topological polar surface area (TPSA) is 113 Å². The van der Waals surface area contributed by atoms with Crippen LogP contribution in [0.4, 0.5) is 5.69 Å². The first kappa shape index (κ1) is 13.1. The third kappa shape index (κ3) is 2.58. The van der Waals surface area contributed by atoms with E-state index in [0.29, 0.717) is 12.8 Å². The van der Waals surface area contributed by atoms with Crippen LogP contribution in [0.15, 0.2) is 23.1 Å². The summed E-state index contributed by atoms with van der Waals surface area (Å²) in [5.41, 5.74) is 4.52. The van der Waals surface area contributed by atoms with Crippen LogP contribution in [-0.4, -0.2) is 30.8 Å². The van der Waals surface area contributed by atoms with E-state index in [-0.39, 0.29) is 22.9 Å². The van der Waals surface area contributed by atoms with E-state index in [4.69, 9.17) is 5.73 Å². The molecule has 0 radical (unpaired) electrons. The van der Waals surface area contributed by atoms with Gasteiger partial charge >= 0.3 is 0 Å². The summed E-state index contributed by atoms with van der Waals surface area (Å²) < 4.78 is 26.2. The molecule has 6 nitrogen and oxygen atoms in total. The Kier molecular flexibility index (Phi) is 3.22. The molecule has 0 bridgehead atoms. The minimum absolute atomic E-state index is 0.000214. The minimum Gasteiger partial charge on any atom is -0.506 e. The molecule has 0 unspecified atom stereocenters. The Balaban J connectivity index is 2.12. The Morgan fingerprint density at radius 1 is 1.39 bits per heavy atom. The van der Waals surface area contributed by atoms with Crippen LogP contribution in [0.3, 0.4) is 0 Å². The predicted molar refractivity (Wildman–Crippen MR) is 66.5 cm³/mol. The van der Waals surface area contributed by atoms with E-state index < -0.39 is 15.6 Å². The van der Waals surface area contributed by atoms with Gasteiger partial charge in [0.2, 0.25) is 10.0 Å². The van der Waals surface area contributed by atoms with E-state index >= 15 is 0 Å². The van der Waals surface area contributed by atoms with Crippen LogP contribution < -0.4 is 10.5 Å². The number of anilines is 1. The second-order valence-electron chi connectivity index (χ2n) is 4.62. The third-order valence-electron chi connectivity index (χ3n) is 3.18. The quantitative estimate of drug-likeness (QED) is 0.461. The van der Waals surface area contributed by atoms with Crippen molar-refractivity contribution < 1.29 is 18.6 Å². The molecule has 0 saturated heterocycles. The average molecular weight is 272 g/mol. The van der Waals surface area contributed by atoms with Crippen LogP contribution in [0.2, 0.25) is 0 Å². The fraction of sp³-hybridized carbons (Fsp3) is 0.455. The van der Waals surface area contributed by atoms with Crippen LogP contribution in [0.1, 0.15) is 19.3 Å². The lowest BCUT2D eigenvalue weighted by molar-refractivity contribution is -0.0270. The maximum Gasteiger partial charge on any atom is 0.240 e. The van der Waals surface area contributed by atoms with Crippen molar-refractivity contribution in [1.29, 1.82) is 0 Å². The summed E-state index contributed by atoms with van der Waals surface area (Å²) >= 11 is 0. The molecule has 7 heteroatoms. The van der Waals surface area contributed by atoms with Gasteiger partial charge in [0.25, 0.3) is 0 Å². The van der Waals surface area contributed by atoms with Crippen LogP contribution in [0.5, 0.6) is 5.75 Å². The van der Waals surface area contributed by atoms with Gasteiger partial charge in [0.15, 0.2) is 0 Å². The molecule has 0 amide bonds. The summed E-state index contributed by atoms with van der Waals surface area (Å²) in [7, 11) is -3.71. The number of nitrogens with one attached hydrogen (secondary N) is 1. The molecule has 0 aliphatic heterocycles. The van der Waals surface area contributed by atoms with Crippen molar-refractivity contribution in [2.24, 2.45) is 0 Å². The van der Waals surface area contributed by atoms with E-state index in [1.807, 2.05) is 0 Å². The fourth-order valence-electron chi connectivity index (χ4n) is 1.77. The summed E-state index contributed by atoms with van der Waals surface area (Å²) in [5, 5.41) is 19.1. The van der Waals surface area contributed by atoms with Crippen LogP contribution in [-0.2, 0) is 10.0 Å². The lowest BCUT2D eigenvalue weighted by Crippen LogP contribution is -2.47. The fourth-order valence-corrected chi connectivity index (χ4v) is 2.93. The number of nitrogen functional groups attached to an aromatic ring is 1. The standard InChI is InChI=1S/C11H16N2O4S/c12-9-6-8(2-3-10(9)14)18(16,17)13-7-11(15)4-1-5-11/h2-3,6,13-15H,1,4-5,7,12H2. The molecule has 18 heavy (non-hydrogen) atoms. The molecule has 100 valence electrons. The van der Waals surface area contributed by atoms with Crippen molar-refractivity contribution in [2.45, 2.75) is 29.8 Å². The second kappa shape index (κ2) is 4.42. The molecule has 2 rings (SSSR count). The largest absolute Gasteiger partial charge is 0.506 e. The third-order valence-corrected chi connectivity index (χ3v) is 4.58. The van der Waals surface area contributed by atoms with Crippen molar-refractivity contribution in [1.82, 2.24) is 4.72 Å². The molecular formula is C11H16N2O4S. The molecule has 0 aromatic heterocycles. The van der Waals surface area contributed by atoms with Crippen LogP contribution in [0, 0.1) is 0 Å². The smallest absolute Gasteiger partial charge is 0.240 e. The average Bonchev–Trinajstić information content (AvgIpc) is 2.27. The van der Waals surface area contributed by atoms with Gasteiger partial charge in [0.1, 0.15) is 5.75 Å². The number of rotatable bonds is 4. The molecular weight excluding hydrogens is 256 g/mol. The molecule has 1 aromatic carbocycles.